The molecule has 1 aromatic heterocycles. The van der Waals surface area contributed by atoms with Crippen LogP contribution in [-0.4, -0.2) is 63.7 Å². The molecule has 1 saturated heterocycles. The molecular formula is C17H28N4O2. The third-order valence-electron chi connectivity index (χ3n) is 3.96. The number of pyridine rings is 1. The zero-order valence-electron chi connectivity index (χ0n) is 14.5. The summed E-state index contributed by atoms with van der Waals surface area (Å²) in [6.45, 7) is 11.0. The zero-order chi connectivity index (χ0) is 17.0. The van der Waals surface area contributed by atoms with Gasteiger partial charge in [0.1, 0.15) is 0 Å². The van der Waals surface area contributed by atoms with Crippen molar-refractivity contribution < 1.29 is 9.90 Å². The molecule has 2 amide bonds. The van der Waals surface area contributed by atoms with Crippen LogP contribution in [0.15, 0.2) is 18.5 Å². The van der Waals surface area contributed by atoms with Gasteiger partial charge in [-0.05, 0) is 38.8 Å². The fourth-order valence-corrected chi connectivity index (χ4v) is 3.02. The molecule has 0 unspecified atom stereocenters. The predicted octanol–water partition coefficient (Wildman–Crippen LogP) is 1.38. The Bertz CT molecular complexity index is 542. The van der Waals surface area contributed by atoms with E-state index >= 15 is 0 Å². The van der Waals surface area contributed by atoms with Crippen LogP contribution in [0.5, 0.6) is 0 Å². The van der Waals surface area contributed by atoms with Gasteiger partial charge < -0.3 is 15.3 Å². The molecule has 0 spiro atoms. The normalized spacial score (nSPS) is 19.7. The van der Waals surface area contributed by atoms with Crippen molar-refractivity contribution >= 4 is 6.03 Å². The Morgan fingerprint density at radius 3 is 2.78 bits per heavy atom. The monoisotopic (exact) mass is 320 g/mol. The molecule has 1 aliphatic rings. The molecule has 1 atom stereocenters. The maximum Gasteiger partial charge on any atom is 0.317 e. The number of aliphatic hydroxyl groups is 1. The Morgan fingerprint density at radius 1 is 1.43 bits per heavy atom. The van der Waals surface area contributed by atoms with Crippen molar-refractivity contribution in [1.82, 2.24) is 20.1 Å². The average molecular weight is 320 g/mol. The fourth-order valence-electron chi connectivity index (χ4n) is 3.02. The Hall–Kier alpha value is -1.66. The number of nitrogens with zero attached hydrogens (tertiary/aromatic N) is 3. The molecule has 0 aromatic carbocycles. The molecule has 23 heavy (non-hydrogen) atoms. The van der Waals surface area contributed by atoms with E-state index in [1.807, 2.05) is 38.7 Å². The van der Waals surface area contributed by atoms with E-state index in [1.54, 1.807) is 12.4 Å². The summed E-state index contributed by atoms with van der Waals surface area (Å²) in [5.74, 6) is 0. The van der Waals surface area contributed by atoms with Crippen LogP contribution in [0.3, 0.4) is 0 Å². The fraction of sp³-hybridized carbons (Fsp3) is 0.647. The van der Waals surface area contributed by atoms with Gasteiger partial charge in [0.05, 0.1) is 5.60 Å². The second-order valence-electron chi connectivity index (χ2n) is 7.12. The smallest absolute Gasteiger partial charge is 0.317 e. The lowest BCUT2D eigenvalue weighted by molar-refractivity contribution is 0.0119. The van der Waals surface area contributed by atoms with Gasteiger partial charge in [-0.3, -0.25) is 9.88 Å². The zero-order valence-corrected chi connectivity index (χ0v) is 14.5. The van der Waals surface area contributed by atoms with Crippen LogP contribution in [0, 0.1) is 6.92 Å². The number of piperazine rings is 1. The second-order valence-corrected chi connectivity index (χ2v) is 7.12. The molecule has 2 N–H and O–H groups in total. The summed E-state index contributed by atoms with van der Waals surface area (Å²) in [4.78, 5) is 20.6. The highest BCUT2D eigenvalue weighted by Crippen LogP contribution is 2.13. The molecule has 1 fully saturated rings. The Morgan fingerprint density at radius 2 is 2.17 bits per heavy atom. The van der Waals surface area contributed by atoms with Crippen molar-refractivity contribution in [2.45, 2.75) is 45.9 Å². The van der Waals surface area contributed by atoms with Gasteiger partial charge in [-0.2, -0.15) is 0 Å². The summed E-state index contributed by atoms with van der Waals surface area (Å²) < 4.78 is 0. The largest absolute Gasteiger partial charge is 0.389 e. The summed E-state index contributed by atoms with van der Waals surface area (Å²) in [7, 11) is 0. The average Bonchev–Trinajstić information content (AvgIpc) is 2.43. The molecule has 1 aromatic rings. The minimum atomic E-state index is -0.706. The quantitative estimate of drug-likeness (QED) is 0.879. The number of nitrogens with one attached hydrogen (secondary N) is 1. The summed E-state index contributed by atoms with van der Waals surface area (Å²) in [6.07, 6.45) is 3.58. The number of carbonyl (C=O) groups is 1. The Kier molecular flexibility index (Phi) is 5.59. The lowest BCUT2D eigenvalue weighted by Gasteiger charge is -2.41. The van der Waals surface area contributed by atoms with E-state index in [9.17, 15) is 9.90 Å². The van der Waals surface area contributed by atoms with Gasteiger partial charge in [0.25, 0.3) is 0 Å². The topological polar surface area (TPSA) is 68.7 Å². The van der Waals surface area contributed by atoms with Crippen molar-refractivity contribution in [2.75, 3.05) is 26.2 Å². The molecule has 1 aliphatic heterocycles. The predicted molar refractivity (Wildman–Crippen MR) is 90.1 cm³/mol. The number of carbonyl (C=O) groups excluding carboxylic acids is 1. The highest BCUT2D eigenvalue weighted by molar-refractivity contribution is 5.74. The third kappa shape index (κ3) is 5.48. The van der Waals surface area contributed by atoms with E-state index in [0.717, 1.165) is 24.2 Å². The molecule has 0 bridgehead atoms. The third-order valence-corrected chi connectivity index (χ3v) is 3.96. The number of aryl methyl sites for hydroxylation is 1. The number of β-amino-alcohol motifs (C(OH)–C–C–N with tert-alkyl or cyclic N) is 1. The van der Waals surface area contributed by atoms with Gasteiger partial charge in [0.15, 0.2) is 0 Å². The van der Waals surface area contributed by atoms with Crippen LogP contribution in [0.4, 0.5) is 4.79 Å². The van der Waals surface area contributed by atoms with Crippen LogP contribution in [-0.2, 0) is 6.54 Å². The van der Waals surface area contributed by atoms with Crippen LogP contribution >= 0.6 is 0 Å². The summed E-state index contributed by atoms with van der Waals surface area (Å²) in [5.41, 5.74) is 1.39. The minimum absolute atomic E-state index is 0.0399. The van der Waals surface area contributed by atoms with Crippen molar-refractivity contribution in [1.29, 1.82) is 0 Å². The molecule has 0 radical (unpaired) electrons. The Labute approximate surface area is 138 Å². The van der Waals surface area contributed by atoms with Gasteiger partial charge in [0.2, 0.25) is 0 Å². The summed E-state index contributed by atoms with van der Waals surface area (Å²) in [6, 6.07) is 2.11. The van der Waals surface area contributed by atoms with E-state index in [-0.39, 0.29) is 12.1 Å². The van der Waals surface area contributed by atoms with Crippen molar-refractivity contribution in [2.24, 2.45) is 0 Å². The molecule has 2 rings (SSSR count). The van der Waals surface area contributed by atoms with E-state index in [0.29, 0.717) is 19.6 Å². The van der Waals surface area contributed by atoms with E-state index in [2.05, 4.69) is 15.2 Å². The number of hydrogen-bond donors (Lipinski definition) is 2. The molecule has 128 valence electrons. The first kappa shape index (κ1) is 17.7. The maximum absolute atomic E-state index is 12.4. The van der Waals surface area contributed by atoms with E-state index < -0.39 is 5.60 Å². The number of urea groups is 1. The molecular weight excluding hydrogens is 292 g/mol. The van der Waals surface area contributed by atoms with Gasteiger partial charge in [0, 0.05) is 51.2 Å². The molecule has 6 nitrogen and oxygen atoms in total. The first-order valence-corrected chi connectivity index (χ1v) is 8.14. The van der Waals surface area contributed by atoms with Crippen molar-refractivity contribution in [3.05, 3.63) is 29.6 Å². The van der Waals surface area contributed by atoms with E-state index in [1.165, 1.54) is 0 Å². The minimum Gasteiger partial charge on any atom is -0.389 e. The number of aromatic nitrogens is 1. The van der Waals surface area contributed by atoms with Crippen LogP contribution < -0.4 is 5.32 Å². The SMILES string of the molecule is Cc1cncc(CNC(=O)N2CCN(CC(C)(C)O)C[C@@H]2C)c1. The number of rotatable bonds is 4. The van der Waals surface area contributed by atoms with Gasteiger partial charge in [-0.25, -0.2) is 4.79 Å². The first-order valence-electron chi connectivity index (χ1n) is 8.14. The summed E-state index contributed by atoms with van der Waals surface area (Å²) in [5, 5.41) is 12.9. The van der Waals surface area contributed by atoms with Gasteiger partial charge >= 0.3 is 6.03 Å². The summed E-state index contributed by atoms with van der Waals surface area (Å²) >= 11 is 0. The van der Waals surface area contributed by atoms with Crippen LogP contribution in [0.2, 0.25) is 0 Å². The lowest BCUT2D eigenvalue weighted by atomic mass is 10.1. The number of amides is 2. The Balaban J connectivity index is 1.84. The molecule has 0 aliphatic carbocycles. The highest BCUT2D eigenvalue weighted by atomic mass is 16.3. The first-order chi connectivity index (χ1) is 10.7. The second kappa shape index (κ2) is 7.27. The van der Waals surface area contributed by atoms with Crippen molar-refractivity contribution in [3.63, 3.8) is 0 Å². The van der Waals surface area contributed by atoms with Crippen LogP contribution in [0.1, 0.15) is 31.9 Å². The lowest BCUT2D eigenvalue weighted by Crippen LogP contribution is -2.58. The van der Waals surface area contributed by atoms with Crippen molar-refractivity contribution in [3.8, 4) is 0 Å². The molecule has 0 saturated carbocycles. The standard InChI is InChI=1S/C17H28N4O2/c1-13-7-15(9-18-8-13)10-19-16(22)21-6-5-20(11-14(21)2)12-17(3,4)23/h7-9,14,23H,5-6,10-12H2,1-4H3,(H,19,22)/t14-/m0/s1. The van der Waals surface area contributed by atoms with Crippen LogP contribution in [0.25, 0.3) is 0 Å². The maximum atomic E-state index is 12.4. The molecule has 2 heterocycles. The molecule has 6 heteroatoms. The number of hydrogen-bond acceptors (Lipinski definition) is 4. The van der Waals surface area contributed by atoms with Gasteiger partial charge in [-0.1, -0.05) is 6.07 Å². The van der Waals surface area contributed by atoms with E-state index in [4.69, 9.17) is 0 Å². The van der Waals surface area contributed by atoms with Gasteiger partial charge in [-0.15, -0.1) is 0 Å². The highest BCUT2D eigenvalue weighted by Gasteiger charge is 2.29.